The third kappa shape index (κ3) is 3.54. The molecule has 0 unspecified atom stereocenters. The van der Waals surface area contributed by atoms with Crippen LogP contribution in [0.3, 0.4) is 0 Å². The highest BCUT2D eigenvalue weighted by atomic mass is 16.3. The topological polar surface area (TPSA) is 97.9 Å². The second kappa shape index (κ2) is 7.55. The molecule has 1 saturated carbocycles. The van der Waals surface area contributed by atoms with Crippen molar-refractivity contribution in [2.24, 2.45) is 5.92 Å². The van der Waals surface area contributed by atoms with Crippen LogP contribution in [0.5, 0.6) is 0 Å². The van der Waals surface area contributed by atoms with Crippen LogP contribution in [0.1, 0.15) is 31.4 Å². The minimum atomic E-state index is 0.161. The summed E-state index contributed by atoms with van der Waals surface area (Å²) < 4.78 is 7.12. The summed E-state index contributed by atoms with van der Waals surface area (Å²) in [5.41, 5.74) is 0.747. The minimum absolute atomic E-state index is 0.161. The number of furan rings is 1. The normalized spacial score (nSPS) is 14.8. The van der Waals surface area contributed by atoms with E-state index in [2.05, 4.69) is 25.7 Å². The fraction of sp³-hybridized carbons (Fsp3) is 0.444. The Balaban J connectivity index is 1.38. The van der Waals surface area contributed by atoms with Crippen molar-refractivity contribution >= 4 is 22.8 Å². The number of rotatable bonds is 7. The molecule has 1 amide bonds. The van der Waals surface area contributed by atoms with Crippen molar-refractivity contribution in [1.82, 2.24) is 25.1 Å². The van der Waals surface area contributed by atoms with Gasteiger partial charge in [0.2, 0.25) is 5.91 Å². The predicted molar refractivity (Wildman–Crippen MR) is 96.3 cm³/mol. The van der Waals surface area contributed by atoms with Gasteiger partial charge in [0.25, 0.3) is 0 Å². The molecule has 8 heteroatoms. The van der Waals surface area contributed by atoms with E-state index in [1.54, 1.807) is 17.1 Å². The van der Waals surface area contributed by atoms with Crippen LogP contribution in [0.2, 0.25) is 0 Å². The van der Waals surface area contributed by atoms with Gasteiger partial charge in [0.1, 0.15) is 17.9 Å². The Labute approximate surface area is 151 Å². The number of aromatic nitrogens is 4. The Bertz CT molecular complexity index is 867. The number of hydrogen-bond acceptors (Lipinski definition) is 6. The third-order valence-electron chi connectivity index (χ3n) is 4.79. The molecule has 0 bridgehead atoms. The number of hydrogen-bond donors (Lipinski definition) is 2. The fourth-order valence-electron chi connectivity index (χ4n) is 3.40. The van der Waals surface area contributed by atoms with Crippen LogP contribution in [0.4, 0.5) is 5.82 Å². The highest BCUT2D eigenvalue weighted by molar-refractivity contribution is 5.86. The first kappa shape index (κ1) is 16.6. The van der Waals surface area contributed by atoms with Crippen molar-refractivity contribution < 1.29 is 9.21 Å². The number of nitrogens with zero attached hydrogens (tertiary/aromatic N) is 4. The number of anilines is 1. The van der Waals surface area contributed by atoms with Gasteiger partial charge in [-0.1, -0.05) is 12.8 Å². The first-order chi connectivity index (χ1) is 12.8. The van der Waals surface area contributed by atoms with E-state index < -0.39 is 0 Å². The molecule has 0 atom stereocenters. The van der Waals surface area contributed by atoms with Crippen molar-refractivity contribution in [2.75, 3.05) is 11.9 Å². The lowest BCUT2D eigenvalue weighted by atomic mass is 10.1. The largest absolute Gasteiger partial charge is 0.467 e. The standard InChI is InChI=1S/C18H22N6O2/c25-18(13-4-1-2-5-13)19-7-8-24-17-15(11-23-24)16(21-12-22-17)20-10-14-6-3-9-26-14/h3,6,9,11-13H,1-2,4-5,7-8,10H2,(H,19,25)(H,20,21,22). The molecule has 3 aromatic heterocycles. The maximum atomic E-state index is 12.1. The minimum Gasteiger partial charge on any atom is -0.467 e. The molecule has 0 radical (unpaired) electrons. The van der Waals surface area contributed by atoms with Gasteiger partial charge in [-0.05, 0) is 25.0 Å². The van der Waals surface area contributed by atoms with E-state index in [9.17, 15) is 4.79 Å². The molecule has 136 valence electrons. The van der Waals surface area contributed by atoms with Gasteiger partial charge in [0, 0.05) is 12.5 Å². The van der Waals surface area contributed by atoms with E-state index in [1.165, 1.54) is 6.33 Å². The zero-order chi connectivity index (χ0) is 17.8. The van der Waals surface area contributed by atoms with E-state index in [1.807, 2.05) is 12.1 Å². The summed E-state index contributed by atoms with van der Waals surface area (Å²) >= 11 is 0. The fourth-order valence-corrected chi connectivity index (χ4v) is 3.40. The van der Waals surface area contributed by atoms with Crippen molar-refractivity contribution in [1.29, 1.82) is 0 Å². The lowest BCUT2D eigenvalue weighted by Crippen LogP contribution is -2.32. The summed E-state index contributed by atoms with van der Waals surface area (Å²) in [5.74, 6) is 1.89. The molecule has 0 saturated heterocycles. The Kier molecular flexibility index (Phi) is 4.81. The highest BCUT2D eigenvalue weighted by Gasteiger charge is 2.22. The number of nitrogens with one attached hydrogen (secondary N) is 2. The first-order valence-electron chi connectivity index (χ1n) is 9.02. The van der Waals surface area contributed by atoms with Crippen LogP contribution in [-0.4, -0.2) is 32.2 Å². The number of amides is 1. The van der Waals surface area contributed by atoms with Crippen molar-refractivity contribution in [2.45, 2.75) is 38.8 Å². The zero-order valence-corrected chi connectivity index (χ0v) is 14.5. The van der Waals surface area contributed by atoms with Gasteiger partial charge in [-0.15, -0.1) is 0 Å². The molecule has 3 heterocycles. The molecule has 0 aliphatic heterocycles. The van der Waals surface area contributed by atoms with Crippen LogP contribution >= 0.6 is 0 Å². The Morgan fingerprint density at radius 1 is 1.31 bits per heavy atom. The lowest BCUT2D eigenvalue weighted by Gasteiger charge is -2.10. The number of carbonyl (C=O) groups excluding carboxylic acids is 1. The average Bonchev–Trinajstić information content (AvgIpc) is 3.41. The van der Waals surface area contributed by atoms with E-state index in [-0.39, 0.29) is 11.8 Å². The maximum absolute atomic E-state index is 12.1. The summed E-state index contributed by atoms with van der Waals surface area (Å²) in [4.78, 5) is 20.7. The second-order valence-electron chi connectivity index (χ2n) is 6.53. The van der Waals surface area contributed by atoms with E-state index in [0.717, 1.165) is 42.5 Å². The second-order valence-corrected chi connectivity index (χ2v) is 6.53. The maximum Gasteiger partial charge on any atom is 0.223 e. The van der Waals surface area contributed by atoms with Crippen LogP contribution in [0.15, 0.2) is 35.3 Å². The van der Waals surface area contributed by atoms with Crippen LogP contribution in [0, 0.1) is 5.92 Å². The van der Waals surface area contributed by atoms with E-state index in [4.69, 9.17) is 4.42 Å². The van der Waals surface area contributed by atoms with Gasteiger partial charge in [-0.2, -0.15) is 5.10 Å². The number of carbonyl (C=O) groups is 1. The molecule has 0 aromatic carbocycles. The van der Waals surface area contributed by atoms with Crippen molar-refractivity contribution in [3.8, 4) is 0 Å². The zero-order valence-electron chi connectivity index (χ0n) is 14.5. The van der Waals surface area contributed by atoms with Crippen molar-refractivity contribution in [3.05, 3.63) is 36.7 Å². The Morgan fingerprint density at radius 2 is 2.19 bits per heavy atom. The van der Waals surface area contributed by atoms with Crippen LogP contribution in [-0.2, 0) is 17.9 Å². The van der Waals surface area contributed by atoms with Gasteiger partial charge in [-0.3, -0.25) is 4.79 Å². The molecule has 8 nitrogen and oxygen atoms in total. The Morgan fingerprint density at radius 3 is 3.00 bits per heavy atom. The molecule has 1 aliphatic carbocycles. The lowest BCUT2D eigenvalue weighted by molar-refractivity contribution is -0.124. The Hall–Kier alpha value is -2.90. The molecule has 1 fully saturated rings. The molecule has 0 spiro atoms. The summed E-state index contributed by atoms with van der Waals surface area (Å²) in [6, 6.07) is 3.76. The van der Waals surface area contributed by atoms with Crippen molar-refractivity contribution in [3.63, 3.8) is 0 Å². The summed E-state index contributed by atoms with van der Waals surface area (Å²) in [6.45, 7) is 1.67. The van der Waals surface area contributed by atoms with Gasteiger partial charge in [0.15, 0.2) is 5.65 Å². The molecular formula is C18H22N6O2. The molecule has 1 aliphatic rings. The SMILES string of the molecule is O=C(NCCn1ncc2c(NCc3ccco3)ncnc21)C1CCCC1. The predicted octanol–water partition coefficient (Wildman–Crippen LogP) is 2.34. The summed E-state index contributed by atoms with van der Waals surface area (Å²) in [7, 11) is 0. The molecule has 4 rings (SSSR count). The first-order valence-corrected chi connectivity index (χ1v) is 9.02. The van der Waals surface area contributed by atoms with Crippen LogP contribution in [0.25, 0.3) is 11.0 Å². The smallest absolute Gasteiger partial charge is 0.223 e. The van der Waals surface area contributed by atoms with E-state index in [0.29, 0.717) is 25.5 Å². The van der Waals surface area contributed by atoms with Gasteiger partial charge in [-0.25, -0.2) is 14.6 Å². The summed E-state index contributed by atoms with van der Waals surface area (Å²) in [6.07, 6.45) is 9.24. The monoisotopic (exact) mass is 354 g/mol. The third-order valence-corrected chi connectivity index (χ3v) is 4.79. The molecular weight excluding hydrogens is 332 g/mol. The molecule has 26 heavy (non-hydrogen) atoms. The quantitative estimate of drug-likeness (QED) is 0.676. The summed E-state index contributed by atoms with van der Waals surface area (Å²) in [5, 5.41) is 11.5. The average molecular weight is 354 g/mol. The van der Waals surface area contributed by atoms with Crippen LogP contribution < -0.4 is 10.6 Å². The van der Waals surface area contributed by atoms with Gasteiger partial charge < -0.3 is 15.1 Å². The van der Waals surface area contributed by atoms with E-state index >= 15 is 0 Å². The highest BCUT2D eigenvalue weighted by Crippen LogP contribution is 2.24. The van der Waals surface area contributed by atoms with Gasteiger partial charge >= 0.3 is 0 Å². The van der Waals surface area contributed by atoms with Gasteiger partial charge in [0.05, 0.1) is 30.9 Å². The molecule has 3 aromatic rings. The number of fused-ring (bicyclic) bond motifs is 1. The molecule has 2 N–H and O–H groups in total.